The molecule has 3 atom stereocenters. The van der Waals surface area contributed by atoms with E-state index >= 15 is 0 Å². The van der Waals surface area contributed by atoms with E-state index in [-0.39, 0.29) is 11.9 Å². The molecule has 1 amide bonds. The van der Waals surface area contributed by atoms with Crippen LogP contribution in [0, 0.1) is 11.6 Å². The van der Waals surface area contributed by atoms with E-state index in [0.29, 0.717) is 27.5 Å². The summed E-state index contributed by atoms with van der Waals surface area (Å²) in [7, 11) is 0. The van der Waals surface area contributed by atoms with Crippen molar-refractivity contribution in [3.05, 3.63) is 41.0 Å². The monoisotopic (exact) mass is 335 g/mol. The first-order valence-electron chi connectivity index (χ1n) is 7.58. The average molecular weight is 335 g/mol. The molecule has 3 heterocycles. The predicted octanol–water partition coefficient (Wildman–Crippen LogP) is 2.71. The molecular formula is C16H15F2N3OS. The predicted molar refractivity (Wildman–Crippen MR) is 83.3 cm³/mol. The summed E-state index contributed by atoms with van der Waals surface area (Å²) in [4.78, 5) is 17.0. The van der Waals surface area contributed by atoms with Gasteiger partial charge in [-0.2, -0.15) is 0 Å². The van der Waals surface area contributed by atoms with Gasteiger partial charge in [0.25, 0.3) is 5.91 Å². The number of halogens is 2. The summed E-state index contributed by atoms with van der Waals surface area (Å²) in [5.41, 5.74) is 0.389. The number of benzene rings is 1. The fourth-order valence-electron chi connectivity index (χ4n) is 3.42. The van der Waals surface area contributed by atoms with Crippen LogP contribution in [0.25, 0.3) is 10.4 Å². The topological polar surface area (TPSA) is 54.0 Å². The lowest BCUT2D eigenvalue weighted by Crippen LogP contribution is -2.42. The second kappa shape index (κ2) is 5.65. The van der Waals surface area contributed by atoms with Crippen LogP contribution in [-0.4, -0.2) is 29.0 Å². The Morgan fingerprint density at radius 1 is 1.26 bits per heavy atom. The van der Waals surface area contributed by atoms with Crippen LogP contribution in [0.1, 0.15) is 29.1 Å². The van der Waals surface area contributed by atoms with Crippen molar-refractivity contribution < 1.29 is 13.6 Å². The Balaban J connectivity index is 1.50. The minimum atomic E-state index is -0.646. The maximum Gasteiger partial charge on any atom is 0.280 e. The normalized spacial score (nSPS) is 25.7. The molecule has 0 saturated carbocycles. The van der Waals surface area contributed by atoms with Crippen molar-refractivity contribution in [3.8, 4) is 10.4 Å². The quantitative estimate of drug-likeness (QED) is 0.907. The number of rotatable bonds is 3. The molecule has 1 aromatic carbocycles. The Hall–Kier alpha value is -1.86. The highest BCUT2D eigenvalue weighted by atomic mass is 32.1. The van der Waals surface area contributed by atoms with Gasteiger partial charge in [-0.15, -0.1) is 11.3 Å². The molecule has 23 heavy (non-hydrogen) atoms. The lowest BCUT2D eigenvalue weighted by Gasteiger charge is -2.20. The number of hydrogen-bond acceptors (Lipinski definition) is 4. The molecule has 1 aromatic heterocycles. The fourth-order valence-corrected chi connectivity index (χ4v) is 4.23. The molecule has 2 N–H and O–H groups in total. The van der Waals surface area contributed by atoms with E-state index in [2.05, 4.69) is 15.6 Å². The maximum atomic E-state index is 13.3. The van der Waals surface area contributed by atoms with Crippen LogP contribution < -0.4 is 10.6 Å². The molecule has 2 saturated heterocycles. The largest absolute Gasteiger partial charge is 0.346 e. The number of nitrogens with one attached hydrogen (secondary N) is 2. The van der Waals surface area contributed by atoms with Gasteiger partial charge in [0.05, 0.1) is 4.88 Å². The average Bonchev–Trinajstić information content (AvgIpc) is 3.22. The van der Waals surface area contributed by atoms with Crippen molar-refractivity contribution >= 4 is 17.2 Å². The third-order valence-corrected chi connectivity index (χ3v) is 5.51. The van der Waals surface area contributed by atoms with Crippen LogP contribution >= 0.6 is 11.3 Å². The van der Waals surface area contributed by atoms with Crippen molar-refractivity contribution in [2.75, 3.05) is 0 Å². The number of amides is 1. The SMILES string of the molecule is O=C(N[C@@H]1C[C@H]2CC[C@@H]1N2)c1ncc(-c2cc(F)cc(F)c2)s1. The van der Waals surface area contributed by atoms with Gasteiger partial charge < -0.3 is 10.6 Å². The highest BCUT2D eigenvalue weighted by Crippen LogP contribution is 2.30. The number of nitrogens with zero attached hydrogens (tertiary/aromatic N) is 1. The lowest BCUT2D eigenvalue weighted by molar-refractivity contribution is 0.0930. The molecule has 4 rings (SSSR count). The molecule has 0 unspecified atom stereocenters. The molecule has 2 fully saturated rings. The molecule has 7 heteroatoms. The third-order valence-electron chi connectivity index (χ3n) is 4.46. The molecule has 120 valence electrons. The minimum absolute atomic E-state index is 0.139. The van der Waals surface area contributed by atoms with E-state index in [1.54, 1.807) is 0 Å². The molecule has 0 aliphatic carbocycles. The summed E-state index contributed by atoms with van der Waals surface area (Å²) in [5, 5.41) is 6.79. The molecule has 2 aliphatic rings. The van der Waals surface area contributed by atoms with Gasteiger partial charge in [0, 0.05) is 30.4 Å². The molecule has 2 aromatic rings. The molecule has 2 bridgehead atoms. The highest BCUT2D eigenvalue weighted by molar-refractivity contribution is 7.16. The van der Waals surface area contributed by atoms with E-state index < -0.39 is 11.6 Å². The van der Waals surface area contributed by atoms with Crippen LogP contribution in [0.5, 0.6) is 0 Å². The van der Waals surface area contributed by atoms with Gasteiger partial charge in [0.15, 0.2) is 5.01 Å². The maximum absolute atomic E-state index is 13.3. The minimum Gasteiger partial charge on any atom is -0.346 e. The summed E-state index contributed by atoms with van der Waals surface area (Å²) < 4.78 is 26.6. The summed E-state index contributed by atoms with van der Waals surface area (Å²) in [6, 6.07) is 4.28. The summed E-state index contributed by atoms with van der Waals surface area (Å²) in [6.45, 7) is 0. The van der Waals surface area contributed by atoms with Crippen LogP contribution in [-0.2, 0) is 0 Å². The van der Waals surface area contributed by atoms with E-state index in [1.165, 1.54) is 24.8 Å². The van der Waals surface area contributed by atoms with Gasteiger partial charge in [-0.1, -0.05) is 0 Å². The Bertz CT molecular complexity index is 743. The first-order chi connectivity index (χ1) is 11.1. The second-order valence-electron chi connectivity index (χ2n) is 6.05. The van der Waals surface area contributed by atoms with E-state index in [4.69, 9.17) is 0 Å². The number of carbonyl (C=O) groups is 1. The van der Waals surface area contributed by atoms with Gasteiger partial charge in [-0.25, -0.2) is 13.8 Å². The first-order valence-corrected chi connectivity index (χ1v) is 8.39. The molecule has 0 radical (unpaired) electrons. The smallest absolute Gasteiger partial charge is 0.280 e. The molecule has 2 aliphatic heterocycles. The highest BCUT2D eigenvalue weighted by Gasteiger charge is 2.39. The summed E-state index contributed by atoms with van der Waals surface area (Å²) in [6.07, 6.45) is 4.68. The molecule has 0 spiro atoms. The number of thiazole rings is 1. The lowest BCUT2D eigenvalue weighted by atomic mass is 9.95. The zero-order chi connectivity index (χ0) is 16.0. The van der Waals surface area contributed by atoms with Crippen molar-refractivity contribution in [3.63, 3.8) is 0 Å². The van der Waals surface area contributed by atoms with Gasteiger partial charge in [-0.3, -0.25) is 4.79 Å². The van der Waals surface area contributed by atoms with Crippen LogP contribution in [0.4, 0.5) is 8.78 Å². The summed E-state index contributed by atoms with van der Waals surface area (Å²) in [5.74, 6) is -1.52. The first kappa shape index (κ1) is 14.7. The standard InChI is InChI=1S/C16H15F2N3OS/c17-9-3-8(4-10(18)5-9)14-7-19-16(23-14)15(22)21-13-6-11-1-2-12(13)20-11/h3-5,7,11-13,20H,1-2,6H2,(H,21,22)/t11-,12+,13-/m1/s1. The number of hydrogen-bond donors (Lipinski definition) is 2. The van der Waals surface area contributed by atoms with Crippen molar-refractivity contribution in [2.45, 2.75) is 37.4 Å². The number of fused-ring (bicyclic) bond motifs is 2. The van der Waals surface area contributed by atoms with Crippen molar-refractivity contribution in [1.29, 1.82) is 0 Å². The van der Waals surface area contributed by atoms with E-state index in [0.717, 1.165) is 30.2 Å². The van der Waals surface area contributed by atoms with Crippen LogP contribution in [0.2, 0.25) is 0 Å². The van der Waals surface area contributed by atoms with Gasteiger partial charge in [-0.05, 0) is 37.0 Å². The van der Waals surface area contributed by atoms with Gasteiger partial charge in [0.1, 0.15) is 11.6 Å². The number of carbonyl (C=O) groups excluding carboxylic acids is 1. The molecule has 4 nitrogen and oxygen atoms in total. The molecular weight excluding hydrogens is 320 g/mol. The Labute approximate surface area is 135 Å². The third kappa shape index (κ3) is 2.86. The van der Waals surface area contributed by atoms with Crippen LogP contribution in [0.15, 0.2) is 24.4 Å². The second-order valence-corrected chi connectivity index (χ2v) is 7.08. The summed E-state index contributed by atoms with van der Waals surface area (Å²) >= 11 is 1.14. The zero-order valence-electron chi connectivity index (χ0n) is 12.2. The zero-order valence-corrected chi connectivity index (χ0v) is 13.0. The van der Waals surface area contributed by atoms with E-state index in [9.17, 15) is 13.6 Å². The fraction of sp³-hybridized carbons (Fsp3) is 0.375. The van der Waals surface area contributed by atoms with Gasteiger partial charge in [0.2, 0.25) is 0 Å². The Kier molecular flexibility index (Phi) is 3.61. The van der Waals surface area contributed by atoms with Gasteiger partial charge >= 0.3 is 0 Å². The van der Waals surface area contributed by atoms with Crippen LogP contribution in [0.3, 0.4) is 0 Å². The Morgan fingerprint density at radius 2 is 2.04 bits per heavy atom. The van der Waals surface area contributed by atoms with Crippen molar-refractivity contribution in [1.82, 2.24) is 15.6 Å². The van der Waals surface area contributed by atoms with E-state index in [1.807, 2.05) is 0 Å². The number of aromatic nitrogens is 1. The van der Waals surface area contributed by atoms with Crippen molar-refractivity contribution in [2.24, 2.45) is 0 Å². The Morgan fingerprint density at radius 3 is 2.70 bits per heavy atom.